The van der Waals surface area contributed by atoms with E-state index in [-0.39, 0.29) is 12.5 Å². The highest BCUT2D eigenvalue weighted by Crippen LogP contribution is 2.34. The minimum atomic E-state index is 0.112. The standard InChI is InChI=1S/C22H23N3O3/c1-14(12-26)11-25-18-7-5-4-6-16(18)10-19(25)22-23-17-8-15(13-27)9-20(28-3)21(17)24(22)2/h4-10,13-14,26H,11-12H2,1-3H3/t14-/m0/s1. The molecule has 0 saturated heterocycles. The van der Waals surface area contributed by atoms with Crippen LogP contribution in [0.2, 0.25) is 0 Å². The fourth-order valence-corrected chi connectivity index (χ4v) is 3.75. The number of aliphatic hydroxyl groups is 1. The first-order chi connectivity index (χ1) is 13.6. The van der Waals surface area contributed by atoms with Crippen LogP contribution in [0.1, 0.15) is 17.3 Å². The molecule has 0 radical (unpaired) electrons. The number of imidazole rings is 1. The van der Waals surface area contributed by atoms with Gasteiger partial charge in [0.15, 0.2) is 5.82 Å². The molecular formula is C22H23N3O3. The average molecular weight is 377 g/mol. The van der Waals surface area contributed by atoms with E-state index in [0.717, 1.165) is 34.2 Å². The Hall–Kier alpha value is -3.12. The maximum absolute atomic E-state index is 11.3. The molecule has 0 fully saturated rings. The number of aliphatic hydroxyl groups excluding tert-OH is 1. The summed E-state index contributed by atoms with van der Waals surface area (Å²) in [4.78, 5) is 16.1. The van der Waals surface area contributed by atoms with Crippen molar-refractivity contribution in [2.45, 2.75) is 13.5 Å². The number of methoxy groups -OCH3 is 1. The Morgan fingerprint density at radius 3 is 2.75 bits per heavy atom. The Morgan fingerprint density at radius 1 is 1.25 bits per heavy atom. The zero-order valence-electron chi connectivity index (χ0n) is 16.2. The van der Waals surface area contributed by atoms with Crippen LogP contribution in [0.25, 0.3) is 33.5 Å². The van der Waals surface area contributed by atoms with Gasteiger partial charge in [-0.3, -0.25) is 4.79 Å². The van der Waals surface area contributed by atoms with E-state index in [1.165, 1.54) is 0 Å². The van der Waals surface area contributed by atoms with Crippen LogP contribution < -0.4 is 4.74 Å². The van der Waals surface area contributed by atoms with Gasteiger partial charge in [-0.2, -0.15) is 0 Å². The number of aryl methyl sites for hydroxylation is 1. The van der Waals surface area contributed by atoms with E-state index in [4.69, 9.17) is 9.72 Å². The quantitative estimate of drug-likeness (QED) is 0.521. The topological polar surface area (TPSA) is 69.3 Å². The number of benzene rings is 2. The first kappa shape index (κ1) is 18.3. The molecule has 6 heteroatoms. The SMILES string of the molecule is COc1cc(C=O)cc2nc(-c3cc4ccccc4n3C[C@H](C)CO)n(C)c12. The molecule has 0 aliphatic carbocycles. The number of hydrogen-bond acceptors (Lipinski definition) is 4. The van der Waals surface area contributed by atoms with Crippen molar-refractivity contribution in [3.05, 3.63) is 48.0 Å². The lowest BCUT2D eigenvalue weighted by Gasteiger charge is -2.15. The Morgan fingerprint density at radius 2 is 2.04 bits per heavy atom. The van der Waals surface area contributed by atoms with Gasteiger partial charge in [-0.05, 0) is 30.2 Å². The molecule has 0 spiro atoms. The van der Waals surface area contributed by atoms with Gasteiger partial charge in [-0.25, -0.2) is 4.98 Å². The minimum Gasteiger partial charge on any atom is -0.494 e. The number of carbonyl (C=O) groups excluding carboxylic acids is 1. The lowest BCUT2D eigenvalue weighted by molar-refractivity contribution is 0.112. The lowest BCUT2D eigenvalue weighted by Crippen LogP contribution is -2.12. The molecule has 0 saturated carbocycles. The van der Waals surface area contributed by atoms with E-state index < -0.39 is 0 Å². The van der Waals surface area contributed by atoms with E-state index in [2.05, 4.69) is 22.8 Å². The van der Waals surface area contributed by atoms with Crippen molar-refractivity contribution in [3.8, 4) is 17.3 Å². The molecule has 1 N–H and O–H groups in total. The monoisotopic (exact) mass is 377 g/mol. The van der Waals surface area contributed by atoms with Crippen LogP contribution in [-0.2, 0) is 13.6 Å². The van der Waals surface area contributed by atoms with Crippen molar-refractivity contribution in [3.63, 3.8) is 0 Å². The summed E-state index contributed by atoms with van der Waals surface area (Å²) in [5.41, 5.74) is 4.16. The van der Waals surface area contributed by atoms with Gasteiger partial charge in [-0.15, -0.1) is 0 Å². The minimum absolute atomic E-state index is 0.112. The van der Waals surface area contributed by atoms with Crippen LogP contribution in [-0.4, -0.2) is 39.2 Å². The molecule has 144 valence electrons. The van der Waals surface area contributed by atoms with Crippen LogP contribution in [0.5, 0.6) is 5.75 Å². The van der Waals surface area contributed by atoms with Gasteiger partial charge in [0.2, 0.25) is 0 Å². The molecule has 0 bridgehead atoms. The maximum Gasteiger partial charge on any atom is 0.157 e. The second-order valence-electron chi connectivity index (χ2n) is 7.19. The van der Waals surface area contributed by atoms with E-state index in [1.807, 2.05) is 30.7 Å². The molecule has 2 aromatic carbocycles. The van der Waals surface area contributed by atoms with E-state index in [0.29, 0.717) is 23.4 Å². The van der Waals surface area contributed by atoms with Crippen LogP contribution in [0, 0.1) is 5.92 Å². The molecule has 0 aliphatic rings. The Bertz CT molecular complexity index is 1170. The molecule has 6 nitrogen and oxygen atoms in total. The highest BCUT2D eigenvalue weighted by atomic mass is 16.5. The molecule has 2 aromatic heterocycles. The number of ether oxygens (including phenoxy) is 1. The van der Waals surface area contributed by atoms with Gasteiger partial charge in [0, 0.05) is 36.7 Å². The predicted molar refractivity (Wildman–Crippen MR) is 110 cm³/mol. The summed E-state index contributed by atoms with van der Waals surface area (Å²) in [6, 6.07) is 13.8. The van der Waals surface area contributed by atoms with E-state index in [1.54, 1.807) is 19.2 Å². The largest absolute Gasteiger partial charge is 0.494 e. The van der Waals surface area contributed by atoms with Gasteiger partial charge < -0.3 is 19.0 Å². The Labute approximate surface area is 163 Å². The van der Waals surface area contributed by atoms with Crippen molar-refractivity contribution in [2.75, 3.05) is 13.7 Å². The van der Waals surface area contributed by atoms with Crippen molar-refractivity contribution >= 4 is 28.2 Å². The predicted octanol–water partition coefficient (Wildman–Crippen LogP) is 3.64. The Kier molecular flexibility index (Phi) is 4.65. The summed E-state index contributed by atoms with van der Waals surface area (Å²) in [5, 5.41) is 10.7. The van der Waals surface area contributed by atoms with Crippen molar-refractivity contribution in [1.82, 2.24) is 14.1 Å². The highest BCUT2D eigenvalue weighted by molar-refractivity contribution is 5.93. The number of nitrogens with zero attached hydrogens (tertiary/aromatic N) is 3. The molecule has 4 aromatic rings. The van der Waals surface area contributed by atoms with Crippen molar-refractivity contribution < 1.29 is 14.6 Å². The first-order valence-electron chi connectivity index (χ1n) is 9.26. The second-order valence-corrected chi connectivity index (χ2v) is 7.19. The van der Waals surface area contributed by atoms with Gasteiger partial charge in [0.1, 0.15) is 17.6 Å². The molecule has 4 rings (SSSR count). The first-order valence-corrected chi connectivity index (χ1v) is 9.26. The van der Waals surface area contributed by atoms with Gasteiger partial charge >= 0.3 is 0 Å². The van der Waals surface area contributed by atoms with E-state index in [9.17, 15) is 9.90 Å². The zero-order valence-corrected chi connectivity index (χ0v) is 16.2. The van der Waals surface area contributed by atoms with Crippen LogP contribution in [0.15, 0.2) is 42.5 Å². The lowest BCUT2D eigenvalue weighted by atomic mass is 10.2. The van der Waals surface area contributed by atoms with Crippen molar-refractivity contribution in [2.24, 2.45) is 13.0 Å². The number of aromatic nitrogens is 3. The molecule has 2 heterocycles. The second kappa shape index (κ2) is 7.13. The number of aldehydes is 1. The summed E-state index contributed by atoms with van der Waals surface area (Å²) in [6.07, 6.45) is 0.802. The van der Waals surface area contributed by atoms with Gasteiger partial charge in [-0.1, -0.05) is 25.1 Å². The van der Waals surface area contributed by atoms with Crippen LogP contribution in [0.4, 0.5) is 0 Å². The fourth-order valence-electron chi connectivity index (χ4n) is 3.75. The number of carbonyl (C=O) groups is 1. The third-order valence-corrected chi connectivity index (χ3v) is 5.16. The fraction of sp³-hybridized carbons (Fsp3) is 0.273. The Balaban J connectivity index is 2.00. The van der Waals surface area contributed by atoms with Crippen LogP contribution in [0.3, 0.4) is 0 Å². The van der Waals surface area contributed by atoms with Crippen LogP contribution >= 0.6 is 0 Å². The van der Waals surface area contributed by atoms with Gasteiger partial charge in [0.25, 0.3) is 0 Å². The van der Waals surface area contributed by atoms with Gasteiger partial charge in [0.05, 0.1) is 18.3 Å². The molecule has 1 atom stereocenters. The number of para-hydroxylation sites is 1. The zero-order chi connectivity index (χ0) is 19.8. The highest BCUT2D eigenvalue weighted by Gasteiger charge is 2.20. The molecule has 0 amide bonds. The summed E-state index contributed by atoms with van der Waals surface area (Å²) >= 11 is 0. The summed E-state index contributed by atoms with van der Waals surface area (Å²) in [6.45, 7) is 2.82. The summed E-state index contributed by atoms with van der Waals surface area (Å²) in [5.74, 6) is 1.52. The number of fused-ring (bicyclic) bond motifs is 2. The molecular weight excluding hydrogens is 354 g/mol. The maximum atomic E-state index is 11.3. The van der Waals surface area contributed by atoms with Crippen molar-refractivity contribution in [1.29, 1.82) is 0 Å². The summed E-state index contributed by atoms with van der Waals surface area (Å²) in [7, 11) is 3.54. The third-order valence-electron chi connectivity index (χ3n) is 5.16. The van der Waals surface area contributed by atoms with E-state index >= 15 is 0 Å². The number of rotatable bonds is 6. The third kappa shape index (κ3) is 2.86. The average Bonchev–Trinajstić information content (AvgIpc) is 3.24. The smallest absolute Gasteiger partial charge is 0.157 e. The summed E-state index contributed by atoms with van der Waals surface area (Å²) < 4.78 is 9.71. The molecule has 0 aliphatic heterocycles. The molecule has 0 unspecified atom stereocenters. The number of hydrogen-bond donors (Lipinski definition) is 1. The normalized spacial score (nSPS) is 12.6. The molecule has 28 heavy (non-hydrogen) atoms.